The molecule has 25 heavy (non-hydrogen) atoms. The van der Waals surface area contributed by atoms with Gasteiger partial charge in [-0.25, -0.2) is 4.79 Å². The smallest absolute Gasteiger partial charge is 0.337 e. The quantitative estimate of drug-likeness (QED) is 0.626. The zero-order valence-corrected chi connectivity index (χ0v) is 16.1. The van der Waals surface area contributed by atoms with Crippen LogP contribution in [0.4, 0.5) is 5.69 Å². The molecule has 0 bridgehead atoms. The van der Waals surface area contributed by atoms with E-state index < -0.39 is 0 Å². The van der Waals surface area contributed by atoms with Gasteiger partial charge >= 0.3 is 5.97 Å². The van der Waals surface area contributed by atoms with Crippen LogP contribution in [0.1, 0.15) is 45.6 Å². The summed E-state index contributed by atoms with van der Waals surface area (Å²) < 4.78 is 4.76. The molecule has 2 rings (SSSR count). The fourth-order valence-corrected chi connectivity index (χ4v) is 2.76. The van der Waals surface area contributed by atoms with Crippen LogP contribution in [0, 0.1) is 20.8 Å². The molecule has 0 radical (unpaired) electrons. The van der Waals surface area contributed by atoms with E-state index in [0.29, 0.717) is 10.7 Å². The molecular formula is C20H24N2O2S. The van der Waals surface area contributed by atoms with Crippen molar-refractivity contribution in [2.24, 2.45) is 0 Å². The van der Waals surface area contributed by atoms with Gasteiger partial charge in [-0.2, -0.15) is 0 Å². The Hall–Kier alpha value is -2.40. The summed E-state index contributed by atoms with van der Waals surface area (Å²) in [4.78, 5) is 11.7. The molecule has 2 N–H and O–H groups in total. The summed E-state index contributed by atoms with van der Waals surface area (Å²) in [5, 5.41) is 6.96. The molecule has 132 valence electrons. The van der Waals surface area contributed by atoms with Crippen molar-refractivity contribution < 1.29 is 9.53 Å². The molecule has 1 unspecified atom stereocenters. The first-order valence-electron chi connectivity index (χ1n) is 8.15. The number of anilines is 1. The van der Waals surface area contributed by atoms with Crippen LogP contribution in [0.25, 0.3) is 0 Å². The number of esters is 1. The van der Waals surface area contributed by atoms with E-state index in [1.54, 1.807) is 12.1 Å². The van der Waals surface area contributed by atoms with Gasteiger partial charge in [0.2, 0.25) is 0 Å². The minimum atomic E-state index is -0.370. The molecule has 0 aromatic heterocycles. The predicted octanol–water partition coefficient (Wildman–Crippen LogP) is 4.45. The number of carbonyl (C=O) groups is 1. The van der Waals surface area contributed by atoms with Crippen molar-refractivity contribution in [2.45, 2.75) is 33.7 Å². The summed E-state index contributed by atoms with van der Waals surface area (Å²) in [6.45, 7) is 8.22. The van der Waals surface area contributed by atoms with Gasteiger partial charge in [-0.05, 0) is 74.3 Å². The number of ether oxygens (including phenoxy) is 1. The highest BCUT2D eigenvalue weighted by molar-refractivity contribution is 7.80. The third kappa shape index (κ3) is 4.79. The van der Waals surface area contributed by atoms with E-state index in [-0.39, 0.29) is 12.0 Å². The molecule has 2 aromatic rings. The Kier molecular flexibility index (Phi) is 6.15. The minimum absolute atomic E-state index is 0.0726. The molecule has 1 atom stereocenters. The van der Waals surface area contributed by atoms with Crippen LogP contribution in [0.15, 0.2) is 36.4 Å². The van der Waals surface area contributed by atoms with Crippen molar-refractivity contribution in [3.05, 3.63) is 64.2 Å². The summed E-state index contributed by atoms with van der Waals surface area (Å²) in [6.07, 6.45) is 0. The maximum Gasteiger partial charge on any atom is 0.337 e. The average molecular weight is 356 g/mol. The average Bonchev–Trinajstić information content (AvgIpc) is 2.58. The Balaban J connectivity index is 2.09. The molecule has 5 heteroatoms. The Labute approximate surface area is 154 Å². The number of carbonyl (C=O) groups excluding carboxylic acids is 1. The largest absolute Gasteiger partial charge is 0.465 e. The van der Waals surface area contributed by atoms with Gasteiger partial charge < -0.3 is 15.4 Å². The summed E-state index contributed by atoms with van der Waals surface area (Å²) in [7, 11) is 1.37. The highest BCUT2D eigenvalue weighted by Crippen LogP contribution is 2.19. The van der Waals surface area contributed by atoms with Crippen molar-refractivity contribution in [3.8, 4) is 0 Å². The second-order valence-corrected chi connectivity index (χ2v) is 6.59. The molecule has 2 aromatic carbocycles. The van der Waals surface area contributed by atoms with E-state index in [0.717, 1.165) is 11.3 Å². The van der Waals surface area contributed by atoms with Gasteiger partial charge in [0.15, 0.2) is 5.11 Å². The third-order valence-corrected chi connectivity index (χ3v) is 4.51. The number of methoxy groups -OCH3 is 1. The lowest BCUT2D eigenvalue weighted by atomic mass is 10.0. The number of aryl methyl sites for hydroxylation is 3. The molecule has 0 aliphatic heterocycles. The number of hydrogen-bond donors (Lipinski definition) is 2. The SMILES string of the molecule is COC(=O)c1ccc(C)c(NC(=S)NC(C)c2ccc(C)c(C)c2)c1. The first kappa shape index (κ1) is 18.9. The lowest BCUT2D eigenvalue weighted by molar-refractivity contribution is 0.0601. The third-order valence-electron chi connectivity index (χ3n) is 4.29. The van der Waals surface area contributed by atoms with Gasteiger partial charge in [-0.1, -0.05) is 24.3 Å². The molecule has 0 aliphatic carbocycles. The number of benzene rings is 2. The van der Waals surface area contributed by atoms with E-state index in [1.807, 2.05) is 13.0 Å². The summed E-state index contributed by atoms with van der Waals surface area (Å²) in [5.41, 5.74) is 5.97. The number of nitrogens with one attached hydrogen (secondary N) is 2. The topological polar surface area (TPSA) is 50.4 Å². The summed E-state index contributed by atoms with van der Waals surface area (Å²) in [6, 6.07) is 11.8. The second kappa shape index (κ2) is 8.12. The highest BCUT2D eigenvalue weighted by Gasteiger charge is 2.11. The zero-order chi connectivity index (χ0) is 18.6. The molecule has 0 amide bonds. The van der Waals surface area contributed by atoms with Crippen molar-refractivity contribution in [1.82, 2.24) is 5.32 Å². The lowest BCUT2D eigenvalue weighted by Gasteiger charge is -2.19. The molecule has 0 spiro atoms. The Bertz CT molecular complexity index is 802. The van der Waals surface area contributed by atoms with Gasteiger partial charge in [-0.3, -0.25) is 0 Å². The zero-order valence-electron chi connectivity index (χ0n) is 15.3. The first-order chi connectivity index (χ1) is 11.8. The Morgan fingerprint density at radius 3 is 2.36 bits per heavy atom. The lowest BCUT2D eigenvalue weighted by Crippen LogP contribution is -2.31. The molecule has 0 saturated heterocycles. The monoisotopic (exact) mass is 356 g/mol. The number of thiocarbonyl (C=S) groups is 1. The van der Waals surface area contributed by atoms with Crippen molar-refractivity contribution >= 4 is 29.0 Å². The van der Waals surface area contributed by atoms with E-state index in [1.165, 1.54) is 23.8 Å². The molecule has 4 nitrogen and oxygen atoms in total. The van der Waals surface area contributed by atoms with Crippen LogP contribution in [0.5, 0.6) is 0 Å². The molecule has 0 aliphatic rings. The van der Waals surface area contributed by atoms with Gasteiger partial charge in [-0.15, -0.1) is 0 Å². The van der Waals surface area contributed by atoms with Crippen molar-refractivity contribution in [1.29, 1.82) is 0 Å². The standard InChI is InChI=1S/C20H24N2O2S/c1-12-6-8-16(10-14(12)3)15(4)21-20(25)22-18-11-17(19(23)24-5)9-7-13(18)2/h6-11,15H,1-5H3,(H2,21,22,25). The normalized spacial score (nSPS) is 11.6. The van der Waals surface area contributed by atoms with Crippen LogP contribution >= 0.6 is 12.2 Å². The summed E-state index contributed by atoms with van der Waals surface area (Å²) in [5.74, 6) is -0.370. The molecule has 0 heterocycles. The molecule has 0 saturated carbocycles. The fraction of sp³-hybridized carbons (Fsp3) is 0.300. The van der Waals surface area contributed by atoms with Crippen LogP contribution in [-0.4, -0.2) is 18.2 Å². The van der Waals surface area contributed by atoms with Crippen LogP contribution in [-0.2, 0) is 4.74 Å². The highest BCUT2D eigenvalue weighted by atomic mass is 32.1. The summed E-state index contributed by atoms with van der Waals surface area (Å²) >= 11 is 5.43. The minimum Gasteiger partial charge on any atom is -0.465 e. The Morgan fingerprint density at radius 1 is 1.04 bits per heavy atom. The van der Waals surface area contributed by atoms with Crippen molar-refractivity contribution in [3.63, 3.8) is 0 Å². The maximum atomic E-state index is 11.7. The Morgan fingerprint density at radius 2 is 1.72 bits per heavy atom. The van der Waals surface area contributed by atoms with E-state index >= 15 is 0 Å². The molecule has 0 fully saturated rings. The second-order valence-electron chi connectivity index (χ2n) is 6.19. The fourth-order valence-electron chi connectivity index (χ4n) is 2.47. The number of rotatable bonds is 4. The van der Waals surface area contributed by atoms with Gasteiger partial charge in [0, 0.05) is 5.69 Å². The molecular weight excluding hydrogens is 332 g/mol. The first-order valence-corrected chi connectivity index (χ1v) is 8.56. The van der Waals surface area contributed by atoms with Gasteiger partial charge in [0.05, 0.1) is 18.7 Å². The van der Waals surface area contributed by atoms with E-state index in [9.17, 15) is 4.79 Å². The van der Waals surface area contributed by atoms with Crippen LogP contribution in [0.2, 0.25) is 0 Å². The predicted molar refractivity (Wildman–Crippen MR) is 106 cm³/mol. The van der Waals surface area contributed by atoms with Crippen LogP contribution in [0.3, 0.4) is 0 Å². The maximum absolute atomic E-state index is 11.7. The van der Waals surface area contributed by atoms with Crippen LogP contribution < -0.4 is 10.6 Å². The van der Waals surface area contributed by atoms with Gasteiger partial charge in [0.1, 0.15) is 0 Å². The number of hydrogen-bond acceptors (Lipinski definition) is 3. The van der Waals surface area contributed by atoms with E-state index in [4.69, 9.17) is 17.0 Å². The van der Waals surface area contributed by atoms with E-state index in [2.05, 4.69) is 49.6 Å². The van der Waals surface area contributed by atoms with Crippen molar-refractivity contribution in [2.75, 3.05) is 12.4 Å². The van der Waals surface area contributed by atoms with Gasteiger partial charge in [0.25, 0.3) is 0 Å².